The summed E-state index contributed by atoms with van der Waals surface area (Å²) in [7, 11) is 0. The number of anilines is 3. The number of benzene rings is 2. The molecule has 21 heavy (non-hydrogen) atoms. The average Bonchev–Trinajstić information content (AvgIpc) is 2.45. The Morgan fingerprint density at radius 1 is 1.14 bits per heavy atom. The van der Waals surface area contributed by atoms with Crippen LogP contribution in [0.1, 0.15) is 17.3 Å². The summed E-state index contributed by atoms with van der Waals surface area (Å²) in [4.78, 5) is 11.7. The van der Waals surface area contributed by atoms with Crippen LogP contribution in [0.4, 0.5) is 17.1 Å². The highest BCUT2D eigenvalue weighted by Crippen LogP contribution is 2.31. The predicted molar refractivity (Wildman–Crippen MR) is 88.6 cm³/mol. The first-order valence-corrected chi connectivity index (χ1v) is 7.16. The zero-order valence-corrected chi connectivity index (χ0v) is 12.9. The van der Waals surface area contributed by atoms with Gasteiger partial charge in [0.25, 0.3) is 5.91 Å². The maximum atomic E-state index is 11.7. The largest absolute Gasteiger partial charge is 0.397 e. The van der Waals surface area contributed by atoms with E-state index >= 15 is 0 Å². The van der Waals surface area contributed by atoms with Crippen LogP contribution in [0.3, 0.4) is 0 Å². The number of hydrogen-bond acceptors (Lipinski definition) is 3. The van der Waals surface area contributed by atoms with E-state index in [2.05, 4.69) is 10.6 Å². The molecular formula is C15H15Cl2N3O. The van der Waals surface area contributed by atoms with E-state index in [0.717, 1.165) is 0 Å². The minimum absolute atomic E-state index is 0.156. The van der Waals surface area contributed by atoms with Gasteiger partial charge in [0.15, 0.2) is 0 Å². The SMILES string of the molecule is CCNC(=O)c1ccc(Nc2cc(Cl)ccc2Cl)c(N)c1. The maximum Gasteiger partial charge on any atom is 0.251 e. The summed E-state index contributed by atoms with van der Waals surface area (Å²) >= 11 is 12.0. The first-order valence-electron chi connectivity index (χ1n) is 6.41. The number of carbonyl (C=O) groups is 1. The van der Waals surface area contributed by atoms with Crippen LogP contribution in [-0.4, -0.2) is 12.5 Å². The molecule has 6 heteroatoms. The standard InChI is InChI=1S/C15H15Cl2N3O/c1-2-19-15(21)9-3-6-13(12(18)7-9)20-14-8-10(16)4-5-11(14)17/h3-8,20H,2,18H2,1H3,(H,19,21). The molecule has 0 aliphatic heterocycles. The first kappa shape index (κ1) is 15.5. The summed E-state index contributed by atoms with van der Waals surface area (Å²) in [5, 5.41) is 6.93. The van der Waals surface area contributed by atoms with Crippen molar-refractivity contribution in [3.8, 4) is 0 Å². The third-order valence-electron chi connectivity index (χ3n) is 2.85. The fraction of sp³-hybridized carbons (Fsp3) is 0.133. The van der Waals surface area contributed by atoms with Gasteiger partial charge in [0.1, 0.15) is 0 Å². The average molecular weight is 324 g/mol. The Balaban J connectivity index is 2.25. The highest BCUT2D eigenvalue weighted by atomic mass is 35.5. The molecule has 110 valence electrons. The maximum absolute atomic E-state index is 11.7. The number of rotatable bonds is 4. The number of halogens is 2. The highest BCUT2D eigenvalue weighted by molar-refractivity contribution is 6.35. The van der Waals surface area contributed by atoms with Crippen molar-refractivity contribution in [2.24, 2.45) is 0 Å². The van der Waals surface area contributed by atoms with Crippen LogP contribution in [-0.2, 0) is 0 Å². The van der Waals surface area contributed by atoms with Gasteiger partial charge in [0.2, 0.25) is 0 Å². The van der Waals surface area contributed by atoms with Crippen LogP contribution >= 0.6 is 23.2 Å². The molecule has 4 nitrogen and oxygen atoms in total. The molecule has 0 aliphatic rings. The molecule has 2 aromatic carbocycles. The summed E-state index contributed by atoms with van der Waals surface area (Å²) in [6.07, 6.45) is 0. The number of carbonyl (C=O) groups excluding carboxylic acids is 1. The molecule has 0 saturated heterocycles. The second-order valence-electron chi connectivity index (χ2n) is 4.41. The molecular weight excluding hydrogens is 309 g/mol. The minimum Gasteiger partial charge on any atom is -0.397 e. The van der Waals surface area contributed by atoms with Crippen LogP contribution in [0.25, 0.3) is 0 Å². The van der Waals surface area contributed by atoms with E-state index in [-0.39, 0.29) is 5.91 Å². The molecule has 0 spiro atoms. The molecule has 0 atom stereocenters. The van der Waals surface area contributed by atoms with Crippen molar-refractivity contribution in [3.63, 3.8) is 0 Å². The number of nitrogens with two attached hydrogens (primary N) is 1. The van der Waals surface area contributed by atoms with Gasteiger partial charge in [-0.25, -0.2) is 0 Å². The van der Waals surface area contributed by atoms with Gasteiger partial charge in [0, 0.05) is 17.1 Å². The van der Waals surface area contributed by atoms with E-state index in [4.69, 9.17) is 28.9 Å². The molecule has 0 fully saturated rings. The summed E-state index contributed by atoms with van der Waals surface area (Å²) in [5.41, 5.74) is 8.25. The number of nitrogens with one attached hydrogen (secondary N) is 2. The Bertz CT molecular complexity index is 674. The van der Waals surface area contributed by atoms with Gasteiger partial charge in [-0.05, 0) is 43.3 Å². The lowest BCUT2D eigenvalue weighted by atomic mass is 10.1. The van der Waals surface area contributed by atoms with E-state index < -0.39 is 0 Å². The predicted octanol–water partition coefficient (Wildman–Crippen LogP) is 4.07. The number of nitrogen functional groups attached to an aromatic ring is 1. The van der Waals surface area contributed by atoms with E-state index in [9.17, 15) is 4.79 Å². The van der Waals surface area contributed by atoms with Gasteiger partial charge < -0.3 is 16.4 Å². The summed E-state index contributed by atoms with van der Waals surface area (Å²) in [6.45, 7) is 2.43. The zero-order chi connectivity index (χ0) is 15.4. The van der Waals surface area contributed by atoms with Gasteiger partial charge >= 0.3 is 0 Å². The number of hydrogen-bond donors (Lipinski definition) is 3. The van der Waals surface area contributed by atoms with Crippen molar-refractivity contribution < 1.29 is 4.79 Å². The lowest BCUT2D eigenvalue weighted by Crippen LogP contribution is -2.22. The van der Waals surface area contributed by atoms with E-state index in [1.54, 1.807) is 36.4 Å². The molecule has 0 aliphatic carbocycles. The number of amides is 1. The van der Waals surface area contributed by atoms with Crippen molar-refractivity contribution >= 4 is 46.2 Å². The molecule has 4 N–H and O–H groups in total. The Labute approximate surface area is 133 Å². The third-order valence-corrected chi connectivity index (χ3v) is 3.41. The lowest BCUT2D eigenvalue weighted by Gasteiger charge is -2.12. The van der Waals surface area contributed by atoms with Crippen molar-refractivity contribution in [3.05, 3.63) is 52.0 Å². The fourth-order valence-electron chi connectivity index (χ4n) is 1.82. The molecule has 0 unspecified atom stereocenters. The quantitative estimate of drug-likeness (QED) is 0.743. The Kier molecular flexibility index (Phi) is 4.94. The topological polar surface area (TPSA) is 67.2 Å². The van der Waals surface area contributed by atoms with Crippen LogP contribution in [0, 0.1) is 0 Å². The smallest absolute Gasteiger partial charge is 0.251 e. The Hall–Kier alpha value is -1.91. The monoisotopic (exact) mass is 323 g/mol. The molecule has 1 amide bonds. The van der Waals surface area contributed by atoms with Crippen LogP contribution in [0.5, 0.6) is 0 Å². The minimum atomic E-state index is -0.156. The second-order valence-corrected chi connectivity index (χ2v) is 5.25. The van der Waals surface area contributed by atoms with Gasteiger partial charge in [-0.2, -0.15) is 0 Å². The lowest BCUT2D eigenvalue weighted by molar-refractivity contribution is 0.0956. The zero-order valence-electron chi connectivity index (χ0n) is 11.4. The second kappa shape index (κ2) is 6.70. The Morgan fingerprint density at radius 2 is 1.90 bits per heavy atom. The van der Waals surface area contributed by atoms with Crippen LogP contribution in [0.15, 0.2) is 36.4 Å². The van der Waals surface area contributed by atoms with Gasteiger partial charge in [0.05, 0.1) is 22.1 Å². The fourth-order valence-corrected chi connectivity index (χ4v) is 2.16. The van der Waals surface area contributed by atoms with E-state index in [1.165, 1.54) is 0 Å². The molecule has 0 bridgehead atoms. The van der Waals surface area contributed by atoms with Gasteiger partial charge in [-0.3, -0.25) is 4.79 Å². The molecule has 0 aromatic heterocycles. The first-order chi connectivity index (χ1) is 10.0. The molecule has 0 saturated carbocycles. The van der Waals surface area contributed by atoms with Crippen molar-refractivity contribution in [1.82, 2.24) is 5.32 Å². The van der Waals surface area contributed by atoms with Crippen molar-refractivity contribution in [2.45, 2.75) is 6.92 Å². The summed E-state index contributed by atoms with van der Waals surface area (Å²) < 4.78 is 0. The van der Waals surface area contributed by atoms with E-state index in [1.807, 2.05) is 6.92 Å². The summed E-state index contributed by atoms with van der Waals surface area (Å²) in [6, 6.07) is 10.2. The normalized spacial score (nSPS) is 10.2. The van der Waals surface area contributed by atoms with Gasteiger partial charge in [-0.1, -0.05) is 23.2 Å². The molecule has 2 aromatic rings. The van der Waals surface area contributed by atoms with Crippen LogP contribution < -0.4 is 16.4 Å². The third kappa shape index (κ3) is 3.80. The molecule has 2 rings (SSSR count). The summed E-state index contributed by atoms with van der Waals surface area (Å²) in [5.74, 6) is -0.156. The van der Waals surface area contributed by atoms with Gasteiger partial charge in [-0.15, -0.1) is 0 Å². The van der Waals surface area contributed by atoms with E-state index in [0.29, 0.717) is 39.2 Å². The highest BCUT2D eigenvalue weighted by Gasteiger charge is 2.09. The molecule has 0 radical (unpaired) electrons. The van der Waals surface area contributed by atoms with Crippen LogP contribution in [0.2, 0.25) is 10.0 Å². The van der Waals surface area contributed by atoms with Crippen molar-refractivity contribution in [1.29, 1.82) is 0 Å². The molecule has 0 heterocycles. The van der Waals surface area contributed by atoms with Crippen molar-refractivity contribution in [2.75, 3.05) is 17.6 Å². The Morgan fingerprint density at radius 3 is 2.57 bits per heavy atom.